The van der Waals surface area contributed by atoms with E-state index in [1.807, 2.05) is 0 Å². The minimum atomic E-state index is -0.153. The lowest BCUT2D eigenvalue weighted by molar-refractivity contribution is -0.133. The Hall–Kier alpha value is -1.92. The molecular formula is C13H23N3O4. The quantitative estimate of drug-likeness (QED) is 0.366. The molecule has 0 aromatic carbocycles. The van der Waals surface area contributed by atoms with Crippen LogP contribution < -0.4 is 10.6 Å². The highest BCUT2D eigenvalue weighted by atomic mass is 16.2. The molecule has 0 spiro atoms. The topological polar surface area (TPSA) is 95.6 Å². The summed E-state index contributed by atoms with van der Waals surface area (Å²) >= 11 is 0. The van der Waals surface area contributed by atoms with Crippen LogP contribution in [-0.4, -0.2) is 55.6 Å². The molecular weight excluding hydrogens is 262 g/mol. The van der Waals surface area contributed by atoms with Crippen molar-refractivity contribution in [1.82, 2.24) is 15.5 Å². The highest BCUT2D eigenvalue weighted by Gasteiger charge is 2.15. The lowest BCUT2D eigenvalue weighted by Crippen LogP contribution is -2.40. The molecule has 7 nitrogen and oxygen atoms in total. The number of hydrogen-bond acceptors (Lipinski definition) is 4. The zero-order valence-corrected chi connectivity index (χ0v) is 12.1. The molecule has 114 valence electrons. The molecule has 0 aliphatic carbocycles. The first-order valence-electron chi connectivity index (χ1n) is 6.67. The molecule has 0 unspecified atom stereocenters. The highest BCUT2D eigenvalue weighted by molar-refractivity contribution is 5.86. The van der Waals surface area contributed by atoms with Gasteiger partial charge in [-0.05, 0) is 0 Å². The van der Waals surface area contributed by atoms with Crippen LogP contribution in [0.3, 0.4) is 0 Å². The molecule has 0 atom stereocenters. The van der Waals surface area contributed by atoms with Crippen LogP contribution in [0.1, 0.15) is 26.7 Å². The van der Waals surface area contributed by atoms with Crippen molar-refractivity contribution in [3.63, 3.8) is 0 Å². The van der Waals surface area contributed by atoms with Gasteiger partial charge in [-0.1, -0.05) is 13.8 Å². The van der Waals surface area contributed by atoms with Crippen LogP contribution in [0.4, 0.5) is 0 Å². The third-order valence-electron chi connectivity index (χ3n) is 2.80. The van der Waals surface area contributed by atoms with Crippen molar-refractivity contribution in [2.45, 2.75) is 26.7 Å². The number of hydrogen-bond donors (Lipinski definition) is 2. The van der Waals surface area contributed by atoms with Gasteiger partial charge in [0.2, 0.25) is 18.7 Å². The predicted molar refractivity (Wildman–Crippen MR) is 73.8 cm³/mol. The summed E-state index contributed by atoms with van der Waals surface area (Å²) < 4.78 is 0. The summed E-state index contributed by atoms with van der Waals surface area (Å²) in [6.45, 7) is 4.99. The van der Waals surface area contributed by atoms with Crippen LogP contribution in [0.5, 0.6) is 0 Å². The fraction of sp³-hybridized carbons (Fsp3) is 0.692. The predicted octanol–water partition coefficient (Wildman–Crippen LogP) is -0.688. The van der Waals surface area contributed by atoms with E-state index in [2.05, 4.69) is 10.6 Å². The number of Topliss-reactive ketones (excluding diaryl/α,β-unsaturated/α-hetero) is 1. The Balaban J connectivity index is 4.26. The molecule has 2 N–H and O–H groups in total. The second-order valence-electron chi connectivity index (χ2n) is 4.65. The molecule has 0 radical (unpaired) electrons. The maximum absolute atomic E-state index is 12.0. The first-order chi connectivity index (χ1) is 9.52. The van der Waals surface area contributed by atoms with Crippen molar-refractivity contribution < 1.29 is 19.2 Å². The summed E-state index contributed by atoms with van der Waals surface area (Å²) in [5.41, 5.74) is 0. The molecule has 0 aliphatic heterocycles. The average Bonchev–Trinajstić information content (AvgIpc) is 2.42. The number of carbonyl (C=O) groups is 4. The fourth-order valence-electron chi connectivity index (χ4n) is 1.55. The van der Waals surface area contributed by atoms with Crippen molar-refractivity contribution in [2.75, 3.05) is 26.2 Å². The van der Waals surface area contributed by atoms with Crippen molar-refractivity contribution in [2.24, 2.45) is 5.92 Å². The van der Waals surface area contributed by atoms with Gasteiger partial charge in [-0.3, -0.25) is 19.2 Å². The molecule has 0 bridgehead atoms. The van der Waals surface area contributed by atoms with E-state index in [0.29, 0.717) is 39.0 Å². The third kappa shape index (κ3) is 8.23. The Morgan fingerprint density at radius 3 is 1.90 bits per heavy atom. The first-order valence-corrected chi connectivity index (χ1v) is 6.67. The second kappa shape index (κ2) is 11.0. The summed E-state index contributed by atoms with van der Waals surface area (Å²) in [7, 11) is 0. The largest absolute Gasteiger partial charge is 0.357 e. The van der Waals surface area contributed by atoms with E-state index in [4.69, 9.17) is 0 Å². The molecule has 0 saturated heterocycles. The normalized spacial score (nSPS) is 9.95. The highest BCUT2D eigenvalue weighted by Crippen LogP contribution is 2.04. The SMILES string of the molecule is CC(C)C(=O)CCC(=O)N(CCNC=O)CCNC=O. The van der Waals surface area contributed by atoms with E-state index in [9.17, 15) is 19.2 Å². The summed E-state index contributed by atoms with van der Waals surface area (Å²) in [6.07, 6.45) is 1.50. The first kappa shape index (κ1) is 18.1. The van der Waals surface area contributed by atoms with E-state index >= 15 is 0 Å². The summed E-state index contributed by atoms with van der Waals surface area (Å²) in [4.78, 5) is 45.4. The number of nitrogens with one attached hydrogen (secondary N) is 2. The van der Waals surface area contributed by atoms with Crippen LogP contribution in [-0.2, 0) is 19.2 Å². The van der Waals surface area contributed by atoms with E-state index in [1.165, 1.54) is 4.90 Å². The van der Waals surface area contributed by atoms with Crippen molar-refractivity contribution in [3.8, 4) is 0 Å². The number of carbonyl (C=O) groups excluding carboxylic acids is 4. The van der Waals surface area contributed by atoms with Crippen LogP contribution in [0.2, 0.25) is 0 Å². The maximum Gasteiger partial charge on any atom is 0.223 e. The van der Waals surface area contributed by atoms with E-state index in [1.54, 1.807) is 13.8 Å². The molecule has 3 amide bonds. The van der Waals surface area contributed by atoms with Crippen LogP contribution in [0, 0.1) is 5.92 Å². The van der Waals surface area contributed by atoms with E-state index in [0.717, 1.165) is 0 Å². The van der Waals surface area contributed by atoms with Crippen molar-refractivity contribution in [1.29, 1.82) is 0 Å². The van der Waals surface area contributed by atoms with E-state index in [-0.39, 0.29) is 30.4 Å². The van der Waals surface area contributed by atoms with Gasteiger partial charge >= 0.3 is 0 Å². The van der Waals surface area contributed by atoms with Crippen LogP contribution >= 0.6 is 0 Å². The van der Waals surface area contributed by atoms with Gasteiger partial charge in [0.25, 0.3) is 0 Å². The zero-order chi connectivity index (χ0) is 15.4. The summed E-state index contributed by atoms with van der Waals surface area (Å²) in [6, 6.07) is 0. The molecule has 0 aromatic rings. The van der Waals surface area contributed by atoms with Gasteiger partial charge in [-0.25, -0.2) is 0 Å². The Kier molecular flexibility index (Phi) is 9.90. The standard InChI is InChI=1S/C13H23N3O4/c1-11(2)12(19)3-4-13(20)16(7-5-14-9-17)8-6-15-10-18/h9-11H,3-8H2,1-2H3,(H,14,17)(H,15,18). The average molecular weight is 285 g/mol. The van der Waals surface area contributed by atoms with Gasteiger partial charge in [0.1, 0.15) is 5.78 Å². The minimum Gasteiger partial charge on any atom is -0.357 e. The number of amides is 3. The number of nitrogens with zero attached hydrogens (tertiary/aromatic N) is 1. The fourth-order valence-corrected chi connectivity index (χ4v) is 1.55. The Morgan fingerprint density at radius 1 is 1.00 bits per heavy atom. The van der Waals surface area contributed by atoms with Crippen molar-refractivity contribution >= 4 is 24.5 Å². The maximum atomic E-state index is 12.0. The lowest BCUT2D eigenvalue weighted by atomic mass is 10.0. The van der Waals surface area contributed by atoms with Gasteiger partial charge in [-0.15, -0.1) is 0 Å². The Morgan fingerprint density at radius 2 is 1.50 bits per heavy atom. The molecule has 0 rings (SSSR count). The number of ketones is 1. The summed E-state index contributed by atoms with van der Waals surface area (Å²) in [5, 5.41) is 4.95. The smallest absolute Gasteiger partial charge is 0.223 e. The van der Waals surface area contributed by atoms with Gasteiger partial charge in [0.05, 0.1) is 0 Å². The molecule has 0 heterocycles. The lowest BCUT2D eigenvalue weighted by Gasteiger charge is -2.22. The van der Waals surface area contributed by atoms with Gasteiger partial charge in [-0.2, -0.15) is 0 Å². The second-order valence-corrected chi connectivity index (χ2v) is 4.65. The van der Waals surface area contributed by atoms with Crippen LogP contribution in [0.25, 0.3) is 0 Å². The van der Waals surface area contributed by atoms with E-state index < -0.39 is 0 Å². The molecule has 0 saturated carbocycles. The van der Waals surface area contributed by atoms with Crippen molar-refractivity contribution in [3.05, 3.63) is 0 Å². The molecule has 20 heavy (non-hydrogen) atoms. The van der Waals surface area contributed by atoms with Gasteiger partial charge in [0.15, 0.2) is 0 Å². The molecule has 7 heteroatoms. The van der Waals surface area contributed by atoms with Gasteiger partial charge < -0.3 is 15.5 Å². The number of rotatable bonds is 12. The van der Waals surface area contributed by atoms with Gasteiger partial charge in [0, 0.05) is 44.9 Å². The third-order valence-corrected chi connectivity index (χ3v) is 2.80. The monoisotopic (exact) mass is 285 g/mol. The molecule has 0 aromatic heterocycles. The summed E-state index contributed by atoms with van der Waals surface area (Å²) in [5.74, 6) is -0.181. The Labute approximate surface area is 119 Å². The minimum absolute atomic E-state index is 0.0512. The Bertz CT molecular complexity index is 318. The molecule has 0 aliphatic rings. The zero-order valence-electron chi connectivity index (χ0n) is 12.1. The van der Waals surface area contributed by atoms with Crippen LogP contribution in [0.15, 0.2) is 0 Å². The molecule has 0 fully saturated rings.